The van der Waals surface area contributed by atoms with E-state index < -0.39 is 0 Å². The summed E-state index contributed by atoms with van der Waals surface area (Å²) in [6.07, 6.45) is 0. The van der Waals surface area contributed by atoms with Gasteiger partial charge in [-0.25, -0.2) is 0 Å². The van der Waals surface area contributed by atoms with Crippen LogP contribution in [-0.4, -0.2) is 13.2 Å². The quantitative estimate of drug-likeness (QED) is 0.895. The molecular weight excluding hydrogens is 242 g/mol. The van der Waals surface area contributed by atoms with E-state index in [1.54, 1.807) is 0 Å². The minimum Gasteiger partial charge on any atom is -0.491 e. The molecule has 0 radical (unpaired) electrons. The summed E-state index contributed by atoms with van der Waals surface area (Å²) in [7, 11) is 0. The van der Waals surface area contributed by atoms with Crippen LogP contribution < -0.4 is 10.1 Å². The van der Waals surface area contributed by atoms with Crippen LogP contribution in [0.2, 0.25) is 0 Å². The van der Waals surface area contributed by atoms with Crippen molar-refractivity contribution in [1.82, 2.24) is 5.32 Å². The van der Waals surface area contributed by atoms with Crippen molar-refractivity contribution in [2.45, 2.75) is 6.04 Å². The molecule has 3 heteroatoms. The van der Waals surface area contributed by atoms with Gasteiger partial charge in [0, 0.05) is 16.6 Å². The lowest BCUT2D eigenvalue weighted by molar-refractivity contribution is 0.315. The Morgan fingerprint density at radius 1 is 1.57 bits per heavy atom. The second-order valence-electron chi connectivity index (χ2n) is 3.30. The monoisotopic (exact) mass is 253 g/mol. The molecule has 1 aliphatic rings. The molecule has 0 fully saturated rings. The van der Waals surface area contributed by atoms with Crippen LogP contribution in [0.3, 0.4) is 0 Å². The second kappa shape index (κ2) is 4.15. The first-order valence-electron chi connectivity index (χ1n) is 4.56. The number of benzene rings is 1. The summed E-state index contributed by atoms with van der Waals surface area (Å²) in [6, 6.07) is 8.41. The summed E-state index contributed by atoms with van der Waals surface area (Å²) < 4.78 is 6.50. The number of ether oxygens (including phenoxy) is 1. The van der Waals surface area contributed by atoms with Crippen molar-refractivity contribution < 1.29 is 4.74 Å². The highest BCUT2D eigenvalue weighted by Crippen LogP contribution is 2.31. The standard InChI is InChI=1S/C11H12BrNO/c1-8(12)6-13-10-7-14-11-5-3-2-4-9(10)11/h2-5,10,13H,1,6-7H2. The molecule has 0 aromatic heterocycles. The fourth-order valence-electron chi connectivity index (χ4n) is 1.57. The van der Waals surface area contributed by atoms with E-state index in [4.69, 9.17) is 4.74 Å². The molecule has 1 aliphatic heterocycles. The van der Waals surface area contributed by atoms with Gasteiger partial charge < -0.3 is 10.1 Å². The average molecular weight is 254 g/mol. The Labute approximate surface area is 92.1 Å². The molecule has 1 aromatic carbocycles. The van der Waals surface area contributed by atoms with E-state index in [1.807, 2.05) is 18.2 Å². The van der Waals surface area contributed by atoms with E-state index in [9.17, 15) is 0 Å². The van der Waals surface area contributed by atoms with E-state index in [0.29, 0.717) is 12.6 Å². The molecule has 0 saturated heterocycles. The molecule has 1 N–H and O–H groups in total. The maximum Gasteiger partial charge on any atom is 0.124 e. The lowest BCUT2D eigenvalue weighted by Crippen LogP contribution is -2.23. The molecule has 1 heterocycles. The van der Waals surface area contributed by atoms with Crippen molar-refractivity contribution in [1.29, 1.82) is 0 Å². The minimum absolute atomic E-state index is 0.292. The molecule has 1 atom stereocenters. The van der Waals surface area contributed by atoms with E-state index in [-0.39, 0.29) is 0 Å². The normalized spacial score (nSPS) is 18.8. The zero-order valence-corrected chi connectivity index (χ0v) is 9.38. The first kappa shape index (κ1) is 9.74. The fraction of sp³-hybridized carbons (Fsp3) is 0.273. The van der Waals surface area contributed by atoms with Gasteiger partial charge in [-0.3, -0.25) is 0 Å². The number of fused-ring (bicyclic) bond motifs is 1. The third-order valence-corrected chi connectivity index (χ3v) is 2.52. The highest BCUT2D eigenvalue weighted by molar-refractivity contribution is 9.11. The van der Waals surface area contributed by atoms with E-state index in [1.165, 1.54) is 5.56 Å². The predicted octanol–water partition coefficient (Wildman–Crippen LogP) is 2.62. The maximum atomic E-state index is 5.54. The van der Waals surface area contributed by atoms with Crippen molar-refractivity contribution in [3.8, 4) is 5.75 Å². The topological polar surface area (TPSA) is 21.3 Å². The molecule has 0 bridgehead atoms. The van der Waals surface area contributed by atoms with Gasteiger partial charge in [0.15, 0.2) is 0 Å². The first-order chi connectivity index (χ1) is 6.77. The average Bonchev–Trinajstić information content (AvgIpc) is 2.58. The molecule has 0 amide bonds. The third kappa shape index (κ3) is 1.99. The largest absolute Gasteiger partial charge is 0.491 e. The molecule has 2 rings (SSSR count). The van der Waals surface area contributed by atoms with Crippen molar-refractivity contribution in [3.63, 3.8) is 0 Å². The number of para-hydroxylation sites is 1. The van der Waals surface area contributed by atoms with Crippen molar-refractivity contribution in [2.24, 2.45) is 0 Å². The summed E-state index contributed by atoms with van der Waals surface area (Å²) in [5, 5.41) is 3.37. The van der Waals surface area contributed by atoms with Gasteiger partial charge in [-0.2, -0.15) is 0 Å². The zero-order valence-electron chi connectivity index (χ0n) is 7.79. The van der Waals surface area contributed by atoms with Gasteiger partial charge in [0.2, 0.25) is 0 Å². The minimum atomic E-state index is 0.292. The lowest BCUT2D eigenvalue weighted by Gasteiger charge is -2.10. The van der Waals surface area contributed by atoms with Gasteiger partial charge >= 0.3 is 0 Å². The van der Waals surface area contributed by atoms with Crippen molar-refractivity contribution in [3.05, 3.63) is 40.9 Å². The molecule has 1 unspecified atom stereocenters. The number of hydrogen-bond donors (Lipinski definition) is 1. The van der Waals surface area contributed by atoms with E-state index in [2.05, 4.69) is 33.9 Å². The first-order valence-corrected chi connectivity index (χ1v) is 5.35. The summed E-state index contributed by atoms with van der Waals surface area (Å²) in [6.45, 7) is 5.26. The van der Waals surface area contributed by atoms with Crippen LogP contribution in [0.4, 0.5) is 0 Å². The Morgan fingerprint density at radius 2 is 2.36 bits per heavy atom. The van der Waals surface area contributed by atoms with E-state index in [0.717, 1.165) is 16.8 Å². The third-order valence-electron chi connectivity index (χ3n) is 2.24. The number of halogens is 1. The zero-order chi connectivity index (χ0) is 9.97. The van der Waals surface area contributed by atoms with Gasteiger partial charge in [-0.05, 0) is 6.07 Å². The molecule has 0 aliphatic carbocycles. The summed E-state index contributed by atoms with van der Waals surface area (Å²) in [4.78, 5) is 0. The second-order valence-corrected chi connectivity index (χ2v) is 4.42. The molecule has 0 saturated carbocycles. The molecule has 74 valence electrons. The van der Waals surface area contributed by atoms with Gasteiger partial charge in [-0.1, -0.05) is 40.7 Å². The van der Waals surface area contributed by atoms with E-state index >= 15 is 0 Å². The molecule has 14 heavy (non-hydrogen) atoms. The molecule has 1 aromatic rings. The SMILES string of the molecule is C=C(Br)CNC1COc2ccccc21. The Morgan fingerprint density at radius 3 is 3.14 bits per heavy atom. The Hall–Kier alpha value is -0.800. The maximum absolute atomic E-state index is 5.54. The summed E-state index contributed by atoms with van der Waals surface area (Å²) in [5.74, 6) is 0.991. The van der Waals surface area contributed by atoms with Crippen LogP contribution in [-0.2, 0) is 0 Å². The highest BCUT2D eigenvalue weighted by atomic mass is 79.9. The summed E-state index contributed by atoms with van der Waals surface area (Å²) >= 11 is 3.32. The fourth-order valence-corrected chi connectivity index (χ4v) is 1.73. The van der Waals surface area contributed by atoms with Gasteiger partial charge in [0.05, 0.1) is 6.04 Å². The van der Waals surface area contributed by atoms with Crippen LogP contribution in [0, 0.1) is 0 Å². The van der Waals surface area contributed by atoms with Crippen LogP contribution in [0.15, 0.2) is 35.3 Å². The van der Waals surface area contributed by atoms with Crippen molar-refractivity contribution in [2.75, 3.05) is 13.2 Å². The number of hydrogen-bond acceptors (Lipinski definition) is 2. The summed E-state index contributed by atoms with van der Waals surface area (Å²) in [5.41, 5.74) is 1.24. The van der Waals surface area contributed by atoms with Gasteiger partial charge in [0.25, 0.3) is 0 Å². The van der Waals surface area contributed by atoms with Crippen molar-refractivity contribution >= 4 is 15.9 Å². The molecule has 0 spiro atoms. The molecule has 2 nitrogen and oxygen atoms in total. The number of rotatable bonds is 3. The number of nitrogens with one attached hydrogen (secondary N) is 1. The highest BCUT2D eigenvalue weighted by Gasteiger charge is 2.22. The van der Waals surface area contributed by atoms with Gasteiger partial charge in [-0.15, -0.1) is 0 Å². The lowest BCUT2D eigenvalue weighted by atomic mass is 10.1. The Bertz CT molecular complexity index is 351. The Balaban J connectivity index is 2.07. The molecular formula is C11H12BrNO. The van der Waals surface area contributed by atoms with Crippen LogP contribution in [0.25, 0.3) is 0 Å². The smallest absolute Gasteiger partial charge is 0.124 e. The van der Waals surface area contributed by atoms with Crippen LogP contribution in [0.5, 0.6) is 5.75 Å². The Kier molecular flexibility index (Phi) is 2.89. The van der Waals surface area contributed by atoms with Gasteiger partial charge in [0.1, 0.15) is 12.4 Å². The van der Waals surface area contributed by atoms with Crippen LogP contribution in [0.1, 0.15) is 11.6 Å². The predicted molar refractivity (Wildman–Crippen MR) is 60.7 cm³/mol. The van der Waals surface area contributed by atoms with Crippen LogP contribution >= 0.6 is 15.9 Å².